The molecular weight excluding hydrogens is 360 g/mol. The van der Waals surface area contributed by atoms with Gasteiger partial charge in [0.15, 0.2) is 0 Å². The second-order valence-electron chi connectivity index (χ2n) is 6.43. The van der Waals surface area contributed by atoms with E-state index in [1.807, 2.05) is 12.1 Å². The van der Waals surface area contributed by atoms with Crippen LogP contribution in [-0.4, -0.2) is 20.9 Å². The molecule has 0 unspecified atom stereocenters. The Morgan fingerprint density at radius 3 is 2.70 bits per heavy atom. The summed E-state index contributed by atoms with van der Waals surface area (Å²) in [5, 5.41) is 3.43. The number of benzene rings is 2. The van der Waals surface area contributed by atoms with Crippen LogP contribution in [-0.2, 0) is 0 Å². The fourth-order valence-corrected chi connectivity index (χ4v) is 3.09. The van der Waals surface area contributed by atoms with Crippen molar-refractivity contribution in [2.24, 2.45) is 0 Å². The van der Waals surface area contributed by atoms with E-state index >= 15 is 0 Å². The van der Waals surface area contributed by atoms with Crippen molar-refractivity contribution in [2.75, 3.05) is 5.32 Å². The highest BCUT2D eigenvalue weighted by Crippen LogP contribution is 2.31. The molecule has 2 aromatic heterocycles. The summed E-state index contributed by atoms with van der Waals surface area (Å²) in [4.78, 5) is 24.3. The number of carbonyl (C=O) groups excluding carboxylic acids is 1. The number of rotatable bonds is 3. The second kappa shape index (κ2) is 6.85. The number of nitrogens with one attached hydrogen (secondary N) is 2. The summed E-state index contributed by atoms with van der Waals surface area (Å²) in [5.74, 6) is 0.435. The van der Waals surface area contributed by atoms with Crippen LogP contribution in [0.15, 0.2) is 54.9 Å². The van der Waals surface area contributed by atoms with E-state index in [9.17, 15) is 4.79 Å². The molecule has 0 spiro atoms. The molecule has 2 aromatic carbocycles. The van der Waals surface area contributed by atoms with Crippen LogP contribution >= 0.6 is 11.6 Å². The lowest BCUT2D eigenvalue weighted by Crippen LogP contribution is -2.12. The van der Waals surface area contributed by atoms with Crippen LogP contribution in [0.4, 0.5) is 5.69 Å². The molecule has 0 aliphatic rings. The molecule has 0 aliphatic heterocycles. The van der Waals surface area contributed by atoms with Crippen LogP contribution in [0.2, 0.25) is 5.02 Å². The van der Waals surface area contributed by atoms with E-state index in [1.165, 1.54) is 17.3 Å². The number of fused-ring (bicyclic) bond motifs is 1. The Hall–Kier alpha value is -3.18. The summed E-state index contributed by atoms with van der Waals surface area (Å²) >= 11 is 6.39. The van der Waals surface area contributed by atoms with Crippen LogP contribution in [0.25, 0.3) is 22.4 Å². The number of pyridine rings is 1. The van der Waals surface area contributed by atoms with Gasteiger partial charge in [-0.05, 0) is 67.4 Å². The van der Waals surface area contributed by atoms with Gasteiger partial charge in [-0.15, -0.1) is 0 Å². The molecule has 2 heterocycles. The fraction of sp³-hybridized carbons (Fsp3) is 0.0952. The Bertz CT molecular complexity index is 1110. The summed E-state index contributed by atoms with van der Waals surface area (Å²) in [6.07, 6.45) is 3.15. The molecule has 0 bridgehead atoms. The lowest BCUT2D eigenvalue weighted by Gasteiger charge is -2.08. The number of hydrogen-bond donors (Lipinski definition) is 2. The molecule has 134 valence electrons. The van der Waals surface area contributed by atoms with Crippen molar-refractivity contribution in [2.45, 2.75) is 13.8 Å². The van der Waals surface area contributed by atoms with Crippen LogP contribution in [0, 0.1) is 13.8 Å². The number of aromatic nitrogens is 3. The number of imidazole rings is 1. The van der Waals surface area contributed by atoms with Crippen LogP contribution < -0.4 is 5.32 Å². The normalized spacial score (nSPS) is 10.9. The van der Waals surface area contributed by atoms with Gasteiger partial charge in [-0.2, -0.15) is 0 Å². The Balaban J connectivity index is 1.69. The minimum atomic E-state index is -0.229. The van der Waals surface area contributed by atoms with Gasteiger partial charge >= 0.3 is 0 Å². The number of H-pyrrole nitrogens is 1. The number of amides is 1. The first-order chi connectivity index (χ1) is 13.0. The van der Waals surface area contributed by atoms with Gasteiger partial charge in [0.05, 0.1) is 21.6 Å². The summed E-state index contributed by atoms with van der Waals surface area (Å²) in [6, 6.07) is 12.9. The largest absolute Gasteiger partial charge is 0.338 e. The van der Waals surface area contributed by atoms with Crippen molar-refractivity contribution in [1.29, 1.82) is 0 Å². The van der Waals surface area contributed by atoms with Gasteiger partial charge in [0, 0.05) is 23.6 Å². The summed E-state index contributed by atoms with van der Waals surface area (Å²) in [5.41, 5.74) is 6.07. The fourth-order valence-electron chi connectivity index (χ4n) is 2.88. The van der Waals surface area contributed by atoms with Crippen molar-refractivity contribution < 1.29 is 4.79 Å². The maximum absolute atomic E-state index is 12.4. The standard InChI is InChI=1S/C21H17ClN4O/c1-12-8-18-19(9-13(12)2)26-20(25-18)16-10-15(5-6-17(16)22)24-21(27)14-4-3-7-23-11-14/h3-11H,1-2H3,(H,24,27)(H,25,26). The predicted molar refractivity (Wildman–Crippen MR) is 108 cm³/mol. The van der Waals surface area contributed by atoms with E-state index < -0.39 is 0 Å². The molecule has 27 heavy (non-hydrogen) atoms. The lowest BCUT2D eigenvalue weighted by atomic mass is 10.1. The van der Waals surface area contributed by atoms with Crippen molar-refractivity contribution in [3.05, 3.63) is 76.6 Å². The van der Waals surface area contributed by atoms with Gasteiger partial charge in [-0.3, -0.25) is 9.78 Å². The number of hydrogen-bond acceptors (Lipinski definition) is 3. The smallest absolute Gasteiger partial charge is 0.257 e. The Labute approximate surface area is 161 Å². The molecule has 6 heteroatoms. The summed E-state index contributed by atoms with van der Waals surface area (Å²) in [7, 11) is 0. The average Bonchev–Trinajstić information content (AvgIpc) is 3.06. The predicted octanol–water partition coefficient (Wildman–Crippen LogP) is 5.15. The first-order valence-corrected chi connectivity index (χ1v) is 8.87. The Kier molecular flexibility index (Phi) is 4.38. The molecule has 4 aromatic rings. The molecule has 2 N–H and O–H groups in total. The number of aryl methyl sites for hydroxylation is 2. The Morgan fingerprint density at radius 2 is 1.93 bits per heavy atom. The number of halogens is 1. The zero-order valence-corrected chi connectivity index (χ0v) is 15.6. The molecule has 0 aliphatic carbocycles. The first kappa shape index (κ1) is 17.2. The van der Waals surface area contributed by atoms with E-state index in [4.69, 9.17) is 11.6 Å². The van der Waals surface area contributed by atoms with Gasteiger partial charge in [0.2, 0.25) is 0 Å². The van der Waals surface area contributed by atoms with Gasteiger partial charge in [-0.25, -0.2) is 4.98 Å². The maximum atomic E-state index is 12.4. The van der Waals surface area contributed by atoms with Gasteiger partial charge in [0.1, 0.15) is 5.82 Å². The highest BCUT2D eigenvalue weighted by molar-refractivity contribution is 6.33. The summed E-state index contributed by atoms with van der Waals surface area (Å²) < 4.78 is 0. The molecule has 0 atom stereocenters. The highest BCUT2D eigenvalue weighted by Gasteiger charge is 2.13. The monoisotopic (exact) mass is 376 g/mol. The second-order valence-corrected chi connectivity index (χ2v) is 6.84. The molecule has 5 nitrogen and oxygen atoms in total. The molecule has 0 saturated carbocycles. The van der Waals surface area contributed by atoms with Gasteiger partial charge < -0.3 is 10.3 Å². The van der Waals surface area contributed by atoms with E-state index in [2.05, 4.69) is 40.2 Å². The lowest BCUT2D eigenvalue weighted by molar-refractivity contribution is 0.102. The third-order valence-electron chi connectivity index (χ3n) is 4.50. The van der Waals surface area contributed by atoms with E-state index in [-0.39, 0.29) is 5.91 Å². The Morgan fingerprint density at radius 1 is 1.11 bits per heavy atom. The first-order valence-electron chi connectivity index (χ1n) is 8.49. The number of anilines is 1. The number of carbonyl (C=O) groups is 1. The maximum Gasteiger partial charge on any atom is 0.257 e. The quantitative estimate of drug-likeness (QED) is 0.519. The topological polar surface area (TPSA) is 70.7 Å². The van der Waals surface area contributed by atoms with Gasteiger partial charge in [0.25, 0.3) is 5.91 Å². The van der Waals surface area contributed by atoms with E-state index in [1.54, 1.807) is 30.5 Å². The van der Waals surface area contributed by atoms with Crippen molar-refractivity contribution in [1.82, 2.24) is 15.0 Å². The number of aromatic amines is 1. The van der Waals surface area contributed by atoms with Crippen molar-refractivity contribution >= 4 is 34.2 Å². The third kappa shape index (κ3) is 3.41. The third-order valence-corrected chi connectivity index (χ3v) is 4.83. The molecule has 4 rings (SSSR count). The number of nitrogens with zero attached hydrogens (tertiary/aromatic N) is 2. The van der Waals surface area contributed by atoms with Gasteiger partial charge in [-0.1, -0.05) is 11.6 Å². The zero-order chi connectivity index (χ0) is 19.0. The molecule has 0 radical (unpaired) electrons. The van der Waals surface area contributed by atoms with Crippen LogP contribution in [0.3, 0.4) is 0 Å². The molecular formula is C21H17ClN4O. The molecule has 0 saturated heterocycles. The van der Waals surface area contributed by atoms with E-state index in [0.29, 0.717) is 22.1 Å². The molecule has 0 fully saturated rings. The molecule has 1 amide bonds. The van der Waals surface area contributed by atoms with Crippen LogP contribution in [0.1, 0.15) is 21.5 Å². The average molecular weight is 377 g/mol. The summed E-state index contributed by atoms with van der Waals surface area (Å²) in [6.45, 7) is 4.13. The minimum absolute atomic E-state index is 0.229. The van der Waals surface area contributed by atoms with Crippen molar-refractivity contribution in [3.8, 4) is 11.4 Å². The van der Waals surface area contributed by atoms with Crippen molar-refractivity contribution in [3.63, 3.8) is 0 Å². The van der Waals surface area contributed by atoms with E-state index in [0.717, 1.165) is 16.6 Å². The zero-order valence-electron chi connectivity index (χ0n) is 14.9. The van der Waals surface area contributed by atoms with Crippen LogP contribution in [0.5, 0.6) is 0 Å². The highest BCUT2D eigenvalue weighted by atomic mass is 35.5. The SMILES string of the molecule is Cc1cc2nc(-c3cc(NC(=O)c4cccnc4)ccc3Cl)[nH]c2cc1C. The minimum Gasteiger partial charge on any atom is -0.338 e.